The topological polar surface area (TPSA) is 80.3 Å². The van der Waals surface area contributed by atoms with E-state index in [1.54, 1.807) is 13.8 Å². The number of rotatable bonds is 4. The van der Waals surface area contributed by atoms with Crippen LogP contribution in [0.1, 0.15) is 39.5 Å². The van der Waals surface area contributed by atoms with Crippen molar-refractivity contribution in [3.63, 3.8) is 0 Å². The van der Waals surface area contributed by atoms with Crippen LogP contribution in [-0.2, 0) is 31.3 Å². The van der Waals surface area contributed by atoms with Gasteiger partial charge in [0.2, 0.25) is 0 Å². The molecule has 0 aliphatic heterocycles. The van der Waals surface area contributed by atoms with E-state index < -0.39 is 11.9 Å². The van der Waals surface area contributed by atoms with Crippen molar-refractivity contribution in [1.29, 1.82) is 0 Å². The molecule has 13 heavy (non-hydrogen) atoms. The van der Waals surface area contributed by atoms with Gasteiger partial charge < -0.3 is 19.8 Å². The SMILES string of the molecule is CCCC(=O)[O-].CCCC(=O)[O-].[Ti+2]. The fourth-order valence-electron chi connectivity index (χ4n) is 0.408. The van der Waals surface area contributed by atoms with Crippen LogP contribution in [0, 0.1) is 0 Å². The molecule has 0 saturated carbocycles. The van der Waals surface area contributed by atoms with E-state index in [1.165, 1.54) is 0 Å². The van der Waals surface area contributed by atoms with Crippen LogP contribution >= 0.6 is 0 Å². The van der Waals surface area contributed by atoms with Crippen molar-refractivity contribution in [3.8, 4) is 0 Å². The van der Waals surface area contributed by atoms with Crippen molar-refractivity contribution in [1.82, 2.24) is 0 Å². The Morgan fingerprint density at radius 1 is 0.923 bits per heavy atom. The summed E-state index contributed by atoms with van der Waals surface area (Å²) >= 11 is 0. The number of carbonyl (C=O) groups excluding carboxylic acids is 2. The number of carbonyl (C=O) groups is 2. The zero-order valence-electron chi connectivity index (χ0n) is 7.96. The Balaban J connectivity index is -0.000000143. The van der Waals surface area contributed by atoms with Gasteiger partial charge in [-0.3, -0.25) is 0 Å². The van der Waals surface area contributed by atoms with E-state index in [-0.39, 0.29) is 34.6 Å². The van der Waals surface area contributed by atoms with Gasteiger partial charge in [-0.1, -0.05) is 26.7 Å². The Bertz CT molecular complexity index is 120. The minimum Gasteiger partial charge on any atom is -0.550 e. The van der Waals surface area contributed by atoms with Crippen molar-refractivity contribution >= 4 is 11.9 Å². The summed E-state index contributed by atoms with van der Waals surface area (Å²) in [5.41, 5.74) is 0. The van der Waals surface area contributed by atoms with E-state index >= 15 is 0 Å². The molecule has 0 heterocycles. The summed E-state index contributed by atoms with van der Waals surface area (Å²) in [5.74, 6) is -1.92. The predicted molar refractivity (Wildman–Crippen MR) is 39.8 cm³/mol. The molecule has 0 unspecified atom stereocenters. The van der Waals surface area contributed by atoms with E-state index in [4.69, 9.17) is 0 Å². The van der Waals surface area contributed by atoms with Crippen molar-refractivity contribution in [3.05, 3.63) is 0 Å². The largest absolute Gasteiger partial charge is 2.00 e. The summed E-state index contributed by atoms with van der Waals surface area (Å²) in [7, 11) is 0. The van der Waals surface area contributed by atoms with Crippen molar-refractivity contribution < 1.29 is 41.5 Å². The number of hydrogen-bond donors (Lipinski definition) is 0. The second-order valence-electron chi connectivity index (χ2n) is 2.24. The first-order valence-corrected chi connectivity index (χ1v) is 3.94. The summed E-state index contributed by atoms with van der Waals surface area (Å²) in [6, 6.07) is 0. The van der Waals surface area contributed by atoms with Crippen molar-refractivity contribution in [2.24, 2.45) is 0 Å². The van der Waals surface area contributed by atoms with E-state index in [0.717, 1.165) is 0 Å². The Kier molecular flexibility index (Phi) is 20.1. The molecular formula is C8H14O4Ti. The van der Waals surface area contributed by atoms with Crippen molar-refractivity contribution in [2.45, 2.75) is 39.5 Å². The molecule has 0 fully saturated rings. The summed E-state index contributed by atoms with van der Waals surface area (Å²) in [5, 5.41) is 19.0. The fourth-order valence-corrected chi connectivity index (χ4v) is 0.408. The molecule has 0 rings (SSSR count). The molecule has 0 amide bonds. The zero-order chi connectivity index (χ0) is 9.98. The molecule has 0 radical (unpaired) electrons. The van der Waals surface area contributed by atoms with Crippen LogP contribution in [0.2, 0.25) is 0 Å². The molecule has 0 bridgehead atoms. The van der Waals surface area contributed by atoms with Gasteiger partial charge in [0.1, 0.15) is 0 Å². The molecule has 0 aliphatic carbocycles. The normalized spacial score (nSPS) is 7.54. The third kappa shape index (κ3) is 34.0. The molecule has 5 heteroatoms. The van der Waals surface area contributed by atoms with E-state index in [0.29, 0.717) is 12.8 Å². The molecule has 0 atom stereocenters. The monoisotopic (exact) mass is 222 g/mol. The predicted octanol–water partition coefficient (Wildman–Crippen LogP) is -0.930. The van der Waals surface area contributed by atoms with E-state index in [9.17, 15) is 19.8 Å². The standard InChI is InChI=1S/2C4H8O2.Ti/c2*1-2-3-4(5)6;/h2*2-3H2,1H3,(H,5,6);/q;;+2/p-2. The molecule has 0 saturated heterocycles. The Labute approximate surface area is 93.2 Å². The number of carboxylic acids is 2. The maximum absolute atomic E-state index is 9.49. The summed E-state index contributed by atoms with van der Waals surface area (Å²) < 4.78 is 0. The van der Waals surface area contributed by atoms with E-state index in [1.807, 2.05) is 0 Å². The number of hydrogen-bond acceptors (Lipinski definition) is 4. The third-order valence-electron chi connectivity index (χ3n) is 0.908. The van der Waals surface area contributed by atoms with Gasteiger partial charge in [0.15, 0.2) is 0 Å². The van der Waals surface area contributed by atoms with Crippen molar-refractivity contribution in [2.75, 3.05) is 0 Å². The van der Waals surface area contributed by atoms with Gasteiger partial charge in [-0.15, -0.1) is 0 Å². The second-order valence-corrected chi connectivity index (χ2v) is 2.24. The molecule has 4 nitrogen and oxygen atoms in total. The number of carboxylic acid groups (broad SMARTS) is 2. The summed E-state index contributed by atoms with van der Waals surface area (Å²) in [4.78, 5) is 19.0. The van der Waals surface area contributed by atoms with Crippen LogP contribution in [0.5, 0.6) is 0 Å². The Morgan fingerprint density at radius 3 is 1.15 bits per heavy atom. The Hall–Kier alpha value is -0.346. The molecule has 0 aromatic carbocycles. The maximum Gasteiger partial charge on any atom is 2.00 e. The molecule has 0 N–H and O–H groups in total. The molecule has 74 valence electrons. The van der Waals surface area contributed by atoms with Gasteiger partial charge in [-0.05, 0) is 12.8 Å². The summed E-state index contributed by atoms with van der Waals surface area (Å²) in [6.45, 7) is 3.60. The van der Waals surface area contributed by atoms with Gasteiger partial charge in [-0.2, -0.15) is 0 Å². The van der Waals surface area contributed by atoms with Gasteiger partial charge in [0.25, 0.3) is 0 Å². The van der Waals surface area contributed by atoms with Crippen LogP contribution in [0.25, 0.3) is 0 Å². The van der Waals surface area contributed by atoms with Gasteiger partial charge in [-0.25, -0.2) is 0 Å². The molecule has 0 aromatic heterocycles. The fraction of sp³-hybridized carbons (Fsp3) is 0.750. The first-order valence-electron chi connectivity index (χ1n) is 3.94. The minimum absolute atomic E-state index is 0. The average molecular weight is 222 g/mol. The molecule has 0 spiro atoms. The second kappa shape index (κ2) is 14.2. The third-order valence-corrected chi connectivity index (χ3v) is 0.908. The maximum atomic E-state index is 9.49. The zero-order valence-corrected chi connectivity index (χ0v) is 9.52. The quantitative estimate of drug-likeness (QED) is 0.575. The van der Waals surface area contributed by atoms with Gasteiger partial charge in [0.05, 0.1) is 0 Å². The van der Waals surface area contributed by atoms with Crippen LogP contribution in [0.4, 0.5) is 0 Å². The number of aliphatic carboxylic acids is 2. The van der Waals surface area contributed by atoms with Gasteiger partial charge in [0, 0.05) is 11.9 Å². The smallest absolute Gasteiger partial charge is 0.550 e. The molecule has 0 aromatic rings. The average Bonchev–Trinajstić information content (AvgIpc) is 1.87. The Morgan fingerprint density at radius 2 is 1.15 bits per heavy atom. The van der Waals surface area contributed by atoms with Crippen LogP contribution in [0.15, 0.2) is 0 Å². The van der Waals surface area contributed by atoms with E-state index in [2.05, 4.69) is 0 Å². The summed E-state index contributed by atoms with van der Waals surface area (Å²) in [6.07, 6.45) is 1.70. The van der Waals surface area contributed by atoms with Crippen LogP contribution in [-0.4, -0.2) is 11.9 Å². The molecular weight excluding hydrogens is 208 g/mol. The minimum atomic E-state index is -0.961. The molecule has 0 aliphatic rings. The van der Waals surface area contributed by atoms with Crippen LogP contribution in [0.3, 0.4) is 0 Å². The van der Waals surface area contributed by atoms with Crippen LogP contribution < -0.4 is 10.2 Å². The first-order chi connectivity index (χ1) is 5.54. The van der Waals surface area contributed by atoms with Gasteiger partial charge >= 0.3 is 21.7 Å². The first kappa shape index (κ1) is 18.4.